The summed E-state index contributed by atoms with van der Waals surface area (Å²) in [6.07, 6.45) is 0. The van der Waals surface area contributed by atoms with Gasteiger partial charge in [0.05, 0.1) is 0 Å². The molecule has 0 atom stereocenters. The first-order valence-electron chi connectivity index (χ1n) is 4.09. The fraction of sp³-hybridized carbons (Fsp3) is 0. The third kappa shape index (κ3) is 1.76. The van der Waals surface area contributed by atoms with E-state index < -0.39 is 0 Å². The van der Waals surface area contributed by atoms with Crippen LogP contribution in [-0.2, 0) is 0 Å². The van der Waals surface area contributed by atoms with Crippen LogP contribution in [0.4, 0.5) is 5.69 Å². The van der Waals surface area contributed by atoms with E-state index >= 15 is 0 Å². The van der Waals surface area contributed by atoms with Crippen molar-refractivity contribution in [1.82, 2.24) is 0 Å². The van der Waals surface area contributed by atoms with Crippen LogP contribution in [0, 0.1) is 0 Å². The highest BCUT2D eigenvalue weighted by Crippen LogP contribution is 2.27. The van der Waals surface area contributed by atoms with E-state index in [-0.39, 0.29) is 0 Å². The average molecular weight is 201 g/mol. The Kier molecular flexibility index (Phi) is 2.49. The lowest BCUT2D eigenvalue weighted by atomic mass is 10.2. The first-order valence-corrected chi connectivity index (χ1v) is 4.97. The van der Waals surface area contributed by atoms with E-state index in [9.17, 15) is 0 Å². The summed E-state index contributed by atoms with van der Waals surface area (Å²) < 4.78 is 0. The number of thiophene rings is 1. The van der Waals surface area contributed by atoms with Crippen LogP contribution in [0.3, 0.4) is 0 Å². The van der Waals surface area contributed by atoms with Crippen molar-refractivity contribution in [3.63, 3.8) is 0 Å². The van der Waals surface area contributed by atoms with Gasteiger partial charge in [0.1, 0.15) is 0 Å². The van der Waals surface area contributed by atoms with Crippen LogP contribution in [-0.4, -0.2) is 0 Å². The Morgan fingerprint density at radius 1 is 1.21 bits per heavy atom. The molecule has 0 bridgehead atoms. The highest BCUT2D eigenvalue weighted by Gasteiger charge is 1.98. The number of hydrogen-bond acceptors (Lipinski definition) is 2. The molecule has 0 aliphatic carbocycles. The fourth-order valence-corrected chi connectivity index (χ4v) is 1.94. The molecular formula is C10H7N3S. The van der Waals surface area contributed by atoms with Crippen molar-refractivity contribution in [3.05, 3.63) is 52.2 Å². The largest absolute Gasteiger partial charge is 0.144 e. The molecule has 14 heavy (non-hydrogen) atoms. The van der Waals surface area contributed by atoms with Crippen molar-refractivity contribution in [2.24, 2.45) is 5.11 Å². The highest BCUT2D eigenvalue weighted by atomic mass is 32.1. The van der Waals surface area contributed by atoms with E-state index in [0.717, 1.165) is 5.56 Å². The van der Waals surface area contributed by atoms with Gasteiger partial charge in [0.2, 0.25) is 0 Å². The summed E-state index contributed by atoms with van der Waals surface area (Å²) in [6.45, 7) is 0. The van der Waals surface area contributed by atoms with Crippen molar-refractivity contribution in [2.75, 3.05) is 0 Å². The van der Waals surface area contributed by atoms with Crippen molar-refractivity contribution in [3.8, 4) is 10.4 Å². The van der Waals surface area contributed by atoms with Gasteiger partial charge >= 0.3 is 0 Å². The van der Waals surface area contributed by atoms with Crippen LogP contribution in [0.2, 0.25) is 0 Å². The Morgan fingerprint density at radius 2 is 2.14 bits per heavy atom. The molecule has 0 amide bonds. The minimum absolute atomic E-state index is 0.651. The first-order chi connectivity index (χ1) is 6.90. The zero-order valence-corrected chi connectivity index (χ0v) is 8.11. The predicted molar refractivity (Wildman–Crippen MR) is 58.6 cm³/mol. The molecule has 0 spiro atoms. The molecule has 4 heteroatoms. The van der Waals surface area contributed by atoms with E-state index in [1.54, 1.807) is 17.4 Å². The van der Waals surface area contributed by atoms with Gasteiger partial charge in [0.25, 0.3) is 0 Å². The molecular weight excluding hydrogens is 194 g/mol. The van der Waals surface area contributed by atoms with Crippen molar-refractivity contribution < 1.29 is 0 Å². The molecule has 0 aliphatic heterocycles. The Morgan fingerprint density at radius 3 is 2.86 bits per heavy atom. The van der Waals surface area contributed by atoms with Gasteiger partial charge in [-0.1, -0.05) is 29.4 Å². The third-order valence-electron chi connectivity index (χ3n) is 1.81. The summed E-state index contributed by atoms with van der Waals surface area (Å²) in [5.74, 6) is 0. The molecule has 1 heterocycles. The van der Waals surface area contributed by atoms with Crippen molar-refractivity contribution in [1.29, 1.82) is 0 Å². The molecule has 3 nitrogen and oxygen atoms in total. The molecule has 2 rings (SSSR count). The number of rotatable bonds is 2. The predicted octanol–water partition coefficient (Wildman–Crippen LogP) is 4.36. The van der Waals surface area contributed by atoms with Crippen LogP contribution in [0.25, 0.3) is 20.9 Å². The lowest BCUT2D eigenvalue weighted by Gasteiger charge is -1.97. The minimum atomic E-state index is 0.651. The average Bonchev–Trinajstić information content (AvgIpc) is 2.71. The second-order valence-corrected chi connectivity index (χ2v) is 3.66. The van der Waals surface area contributed by atoms with Gasteiger partial charge in [-0.25, -0.2) is 0 Å². The first kappa shape index (κ1) is 8.81. The zero-order chi connectivity index (χ0) is 9.80. The highest BCUT2D eigenvalue weighted by molar-refractivity contribution is 7.13. The molecule has 0 fully saturated rings. The molecule has 0 unspecified atom stereocenters. The molecule has 1 aromatic heterocycles. The molecule has 0 aliphatic rings. The Bertz CT molecular complexity index is 470. The van der Waals surface area contributed by atoms with Crippen LogP contribution < -0.4 is 0 Å². The van der Waals surface area contributed by atoms with Crippen LogP contribution >= 0.6 is 11.3 Å². The van der Waals surface area contributed by atoms with Crippen LogP contribution in [0.15, 0.2) is 46.9 Å². The summed E-state index contributed by atoms with van der Waals surface area (Å²) in [5, 5.41) is 5.59. The van der Waals surface area contributed by atoms with E-state index in [4.69, 9.17) is 5.53 Å². The molecule has 1 aromatic carbocycles. The lowest BCUT2D eigenvalue weighted by molar-refractivity contribution is 1.48. The summed E-state index contributed by atoms with van der Waals surface area (Å²) in [4.78, 5) is 3.94. The SMILES string of the molecule is [N-]=[N+]=Nc1cccc(-c2cccs2)c1. The monoisotopic (exact) mass is 201 g/mol. The van der Waals surface area contributed by atoms with E-state index in [2.05, 4.69) is 10.0 Å². The van der Waals surface area contributed by atoms with Gasteiger partial charge < -0.3 is 0 Å². The van der Waals surface area contributed by atoms with Gasteiger partial charge in [-0.15, -0.1) is 11.3 Å². The van der Waals surface area contributed by atoms with Gasteiger partial charge in [-0.05, 0) is 28.6 Å². The third-order valence-corrected chi connectivity index (χ3v) is 2.73. The van der Waals surface area contributed by atoms with Crippen molar-refractivity contribution in [2.45, 2.75) is 0 Å². The number of azide groups is 1. The summed E-state index contributed by atoms with van der Waals surface area (Å²) in [7, 11) is 0. The normalized spacial score (nSPS) is 9.43. The lowest BCUT2D eigenvalue weighted by Crippen LogP contribution is -1.70. The van der Waals surface area contributed by atoms with Gasteiger partial charge in [-0.2, -0.15) is 0 Å². The molecule has 0 saturated heterocycles. The molecule has 0 radical (unpaired) electrons. The summed E-state index contributed by atoms with van der Waals surface area (Å²) >= 11 is 1.67. The van der Waals surface area contributed by atoms with Gasteiger partial charge in [-0.3, -0.25) is 0 Å². The van der Waals surface area contributed by atoms with E-state index in [0.29, 0.717) is 5.69 Å². The summed E-state index contributed by atoms with van der Waals surface area (Å²) in [6, 6.07) is 11.6. The topological polar surface area (TPSA) is 48.8 Å². The number of hydrogen-bond donors (Lipinski definition) is 0. The maximum absolute atomic E-state index is 8.30. The smallest absolute Gasteiger partial charge is 0.0381 e. The molecule has 2 aromatic rings. The fourth-order valence-electron chi connectivity index (χ4n) is 1.22. The maximum atomic E-state index is 8.30. The Labute approximate surface area is 85.3 Å². The Hall–Kier alpha value is -1.77. The van der Waals surface area contributed by atoms with Crippen LogP contribution in [0.1, 0.15) is 0 Å². The zero-order valence-electron chi connectivity index (χ0n) is 7.29. The van der Waals surface area contributed by atoms with Crippen molar-refractivity contribution >= 4 is 17.0 Å². The molecule has 68 valence electrons. The quantitative estimate of drug-likeness (QED) is 0.394. The molecule has 0 saturated carbocycles. The maximum Gasteiger partial charge on any atom is 0.0381 e. The van der Waals surface area contributed by atoms with Gasteiger partial charge in [0, 0.05) is 15.5 Å². The Balaban J connectivity index is 2.45. The summed E-state index contributed by atoms with van der Waals surface area (Å²) in [5.41, 5.74) is 10.0. The second-order valence-electron chi connectivity index (χ2n) is 2.72. The second kappa shape index (κ2) is 3.96. The van der Waals surface area contributed by atoms with E-state index in [1.165, 1.54) is 4.88 Å². The number of benzene rings is 1. The molecule has 0 N–H and O–H groups in total. The van der Waals surface area contributed by atoms with Gasteiger partial charge in [0.15, 0.2) is 0 Å². The number of nitrogens with zero attached hydrogens (tertiary/aromatic N) is 3. The van der Waals surface area contributed by atoms with Crippen LogP contribution in [0.5, 0.6) is 0 Å². The standard InChI is InChI=1S/C10H7N3S/c11-13-12-9-4-1-3-8(7-9)10-5-2-6-14-10/h1-7H. The van der Waals surface area contributed by atoms with E-state index in [1.807, 2.05) is 35.7 Å². The minimum Gasteiger partial charge on any atom is -0.144 e.